The number of aliphatic imine (C=N–C) groups is 1. The number of thioether (sulfide) groups is 2. The molecule has 2 rings (SSSR count). The molecule has 0 radical (unpaired) electrons. The number of hydrogen-bond acceptors (Lipinski definition) is 3. The Balaban J connectivity index is 1.86. The zero-order chi connectivity index (χ0) is 11.6. The number of nitrogens with one attached hydrogen (secondary N) is 1. The Hall–Kier alpha value is 0.170. The maximum atomic E-state index is 4.77. The summed E-state index contributed by atoms with van der Waals surface area (Å²) in [4.78, 5) is 4.77. The molecule has 0 amide bonds. The standard InChI is InChI=1S/C12H22N2S2/c1-9(2)10-4-7-16-11(14-10)13-8-12(15-3)5-6-12/h9-10H,4-8H2,1-3H3,(H,13,14). The van der Waals surface area contributed by atoms with Crippen LogP contribution in [0, 0.1) is 5.92 Å². The third-order valence-corrected chi connectivity index (χ3v) is 5.90. The molecule has 1 heterocycles. The molecule has 2 fully saturated rings. The second-order valence-corrected chi connectivity index (χ2v) is 7.50. The molecule has 1 N–H and O–H groups in total. The fourth-order valence-electron chi connectivity index (χ4n) is 1.93. The Morgan fingerprint density at radius 2 is 2.31 bits per heavy atom. The molecule has 0 aromatic carbocycles. The van der Waals surface area contributed by atoms with E-state index in [0.29, 0.717) is 16.7 Å². The van der Waals surface area contributed by atoms with Crippen LogP contribution in [0.2, 0.25) is 0 Å². The highest BCUT2D eigenvalue weighted by atomic mass is 32.2. The van der Waals surface area contributed by atoms with E-state index in [1.165, 1.54) is 30.2 Å². The van der Waals surface area contributed by atoms with E-state index in [4.69, 9.17) is 4.99 Å². The number of rotatable bonds is 4. The molecule has 1 atom stereocenters. The fraction of sp³-hybridized carbons (Fsp3) is 0.917. The molecule has 1 saturated carbocycles. The minimum Gasteiger partial charge on any atom is -0.362 e. The predicted molar refractivity (Wildman–Crippen MR) is 76.6 cm³/mol. The van der Waals surface area contributed by atoms with E-state index in [0.717, 1.165) is 6.54 Å². The van der Waals surface area contributed by atoms with E-state index >= 15 is 0 Å². The monoisotopic (exact) mass is 258 g/mol. The first-order chi connectivity index (χ1) is 7.65. The summed E-state index contributed by atoms with van der Waals surface area (Å²) < 4.78 is 0.500. The summed E-state index contributed by atoms with van der Waals surface area (Å²) in [6.07, 6.45) is 6.19. The SMILES string of the molecule is CSC1(CN=C2NC(C(C)C)CCS2)CC1. The molecule has 92 valence electrons. The summed E-state index contributed by atoms with van der Waals surface area (Å²) in [5, 5.41) is 4.77. The molecule has 0 aromatic heterocycles. The van der Waals surface area contributed by atoms with Crippen LogP contribution in [0.3, 0.4) is 0 Å². The largest absolute Gasteiger partial charge is 0.362 e. The predicted octanol–water partition coefficient (Wildman–Crippen LogP) is 2.99. The van der Waals surface area contributed by atoms with Gasteiger partial charge < -0.3 is 5.32 Å². The van der Waals surface area contributed by atoms with Gasteiger partial charge in [-0.1, -0.05) is 25.6 Å². The zero-order valence-corrected chi connectivity index (χ0v) is 12.1. The second kappa shape index (κ2) is 5.21. The van der Waals surface area contributed by atoms with Crippen molar-refractivity contribution in [3.8, 4) is 0 Å². The second-order valence-electron chi connectivity index (χ2n) is 5.14. The topological polar surface area (TPSA) is 24.4 Å². The zero-order valence-electron chi connectivity index (χ0n) is 10.5. The van der Waals surface area contributed by atoms with E-state index in [9.17, 15) is 0 Å². The lowest BCUT2D eigenvalue weighted by Gasteiger charge is -2.28. The average molecular weight is 258 g/mol. The highest BCUT2D eigenvalue weighted by molar-refractivity contribution is 8.13. The van der Waals surface area contributed by atoms with E-state index in [1.54, 1.807) is 0 Å². The molecule has 2 aliphatic rings. The molecule has 2 nitrogen and oxygen atoms in total. The Bertz CT molecular complexity index is 272. The molecular weight excluding hydrogens is 236 g/mol. The van der Waals surface area contributed by atoms with Gasteiger partial charge in [-0.05, 0) is 31.4 Å². The van der Waals surface area contributed by atoms with E-state index < -0.39 is 0 Å². The minimum atomic E-state index is 0.500. The van der Waals surface area contributed by atoms with Gasteiger partial charge in [-0.2, -0.15) is 11.8 Å². The Morgan fingerprint density at radius 1 is 1.56 bits per heavy atom. The third kappa shape index (κ3) is 3.10. The summed E-state index contributed by atoms with van der Waals surface area (Å²) in [6.45, 7) is 5.58. The van der Waals surface area contributed by atoms with Gasteiger partial charge in [0.2, 0.25) is 0 Å². The van der Waals surface area contributed by atoms with Crippen molar-refractivity contribution in [2.24, 2.45) is 10.9 Å². The molecule has 4 heteroatoms. The first-order valence-electron chi connectivity index (χ1n) is 6.14. The first-order valence-corrected chi connectivity index (χ1v) is 8.35. The maximum Gasteiger partial charge on any atom is 0.156 e. The summed E-state index contributed by atoms with van der Waals surface area (Å²) in [5.74, 6) is 1.93. The smallest absolute Gasteiger partial charge is 0.156 e. The fourth-order valence-corrected chi connectivity index (χ4v) is 3.59. The van der Waals surface area contributed by atoms with Gasteiger partial charge in [0.05, 0.1) is 6.54 Å². The average Bonchev–Trinajstić information content (AvgIpc) is 3.07. The lowest BCUT2D eigenvalue weighted by atomic mass is 10.0. The van der Waals surface area contributed by atoms with Crippen molar-refractivity contribution in [1.82, 2.24) is 5.32 Å². The van der Waals surface area contributed by atoms with Gasteiger partial charge in [-0.3, -0.25) is 4.99 Å². The van der Waals surface area contributed by atoms with Gasteiger partial charge in [0.25, 0.3) is 0 Å². The van der Waals surface area contributed by atoms with Crippen LogP contribution in [0.1, 0.15) is 33.1 Å². The van der Waals surface area contributed by atoms with Crippen LogP contribution >= 0.6 is 23.5 Å². The van der Waals surface area contributed by atoms with Gasteiger partial charge in [-0.25, -0.2) is 0 Å². The van der Waals surface area contributed by atoms with Crippen molar-refractivity contribution in [3.05, 3.63) is 0 Å². The van der Waals surface area contributed by atoms with Crippen molar-refractivity contribution in [1.29, 1.82) is 0 Å². The first kappa shape index (κ1) is 12.6. The lowest BCUT2D eigenvalue weighted by Crippen LogP contribution is -2.41. The van der Waals surface area contributed by atoms with E-state index in [2.05, 4.69) is 25.4 Å². The van der Waals surface area contributed by atoms with Gasteiger partial charge in [0.15, 0.2) is 5.17 Å². The van der Waals surface area contributed by atoms with Crippen LogP contribution in [0.4, 0.5) is 0 Å². The van der Waals surface area contributed by atoms with Gasteiger partial charge >= 0.3 is 0 Å². The maximum absolute atomic E-state index is 4.77. The third-order valence-electron chi connectivity index (χ3n) is 3.53. The molecule has 1 aliphatic carbocycles. The van der Waals surface area contributed by atoms with Gasteiger partial charge in [-0.15, -0.1) is 0 Å². The highest BCUT2D eigenvalue weighted by Gasteiger charge is 2.41. The van der Waals surface area contributed by atoms with Crippen molar-refractivity contribution >= 4 is 28.7 Å². The van der Waals surface area contributed by atoms with Crippen LogP contribution < -0.4 is 5.32 Å². The van der Waals surface area contributed by atoms with Crippen LogP contribution in [0.15, 0.2) is 4.99 Å². The van der Waals surface area contributed by atoms with Crippen molar-refractivity contribution in [2.45, 2.75) is 43.9 Å². The van der Waals surface area contributed by atoms with Crippen molar-refractivity contribution < 1.29 is 0 Å². The molecule has 0 bridgehead atoms. The van der Waals surface area contributed by atoms with Crippen LogP contribution in [-0.4, -0.2) is 34.5 Å². The molecule has 16 heavy (non-hydrogen) atoms. The Kier molecular flexibility index (Phi) is 4.11. The number of hydrogen-bond donors (Lipinski definition) is 1. The highest BCUT2D eigenvalue weighted by Crippen LogP contribution is 2.47. The summed E-state index contributed by atoms with van der Waals surface area (Å²) in [6, 6.07) is 0.629. The van der Waals surface area contributed by atoms with Crippen molar-refractivity contribution in [3.63, 3.8) is 0 Å². The summed E-state index contributed by atoms with van der Waals surface area (Å²) >= 11 is 3.88. The van der Waals surface area contributed by atoms with E-state index in [-0.39, 0.29) is 0 Å². The molecule has 1 saturated heterocycles. The lowest BCUT2D eigenvalue weighted by molar-refractivity contribution is 0.442. The van der Waals surface area contributed by atoms with Crippen LogP contribution in [0.25, 0.3) is 0 Å². The molecule has 0 aromatic rings. The van der Waals surface area contributed by atoms with Gasteiger partial charge in [0.1, 0.15) is 0 Å². The molecule has 1 unspecified atom stereocenters. The van der Waals surface area contributed by atoms with Crippen LogP contribution in [0.5, 0.6) is 0 Å². The Labute approximate surface area is 107 Å². The van der Waals surface area contributed by atoms with E-state index in [1.807, 2.05) is 23.5 Å². The van der Waals surface area contributed by atoms with Crippen molar-refractivity contribution in [2.75, 3.05) is 18.6 Å². The Morgan fingerprint density at radius 3 is 2.88 bits per heavy atom. The quantitative estimate of drug-likeness (QED) is 0.839. The molecule has 0 spiro atoms. The normalized spacial score (nSPS) is 30.5. The molecule has 1 aliphatic heterocycles. The van der Waals surface area contributed by atoms with Gasteiger partial charge in [0, 0.05) is 16.5 Å². The van der Waals surface area contributed by atoms with Crippen LogP contribution in [-0.2, 0) is 0 Å². The summed E-state index contributed by atoms with van der Waals surface area (Å²) in [7, 11) is 0. The number of nitrogens with zero attached hydrogens (tertiary/aromatic N) is 1. The minimum absolute atomic E-state index is 0.500. The number of amidine groups is 1. The molecular formula is C12H22N2S2. The summed E-state index contributed by atoms with van der Waals surface area (Å²) in [5.41, 5.74) is 0.